The van der Waals surface area contributed by atoms with Crippen LogP contribution in [-0.2, 0) is 0 Å². The minimum Gasteiger partial charge on any atom is -0.497 e. The molecule has 0 fully saturated rings. The first-order valence-electron chi connectivity index (χ1n) is 5.82. The molecule has 1 aromatic heterocycles. The molecule has 1 heterocycles. The monoisotopic (exact) mass is 285 g/mol. The molecular weight excluding hydrogens is 274 g/mol. The molecule has 0 spiro atoms. The van der Waals surface area contributed by atoms with Gasteiger partial charge in [0.25, 0.3) is 0 Å². The molecule has 4 heteroatoms. The summed E-state index contributed by atoms with van der Waals surface area (Å²) in [5.74, 6) is 0.841. The van der Waals surface area contributed by atoms with Crippen molar-refractivity contribution in [2.45, 2.75) is 0 Å². The average Bonchev–Trinajstić information content (AvgIpc) is 2.47. The van der Waals surface area contributed by atoms with Crippen LogP contribution in [0.3, 0.4) is 0 Å². The Morgan fingerprint density at radius 3 is 2.53 bits per heavy atom. The van der Waals surface area contributed by atoms with E-state index >= 15 is 0 Å². The molecule has 3 aromatic rings. The van der Waals surface area contributed by atoms with Crippen LogP contribution < -0.4 is 4.74 Å². The molecule has 0 bridgehead atoms. The number of aromatic nitrogens is 1. The number of fused-ring (bicyclic) bond motifs is 1. The second-order valence-corrected chi connectivity index (χ2v) is 5.72. The standard InChI is InChI=1S/C15H11NOS2/c1-17-11-8-6-10(7-9-11)14-16-13-5-3-2-4-12(13)15(18)19-14/h2-9H,1H3. The van der Waals surface area contributed by atoms with Gasteiger partial charge in [0.15, 0.2) is 0 Å². The Morgan fingerprint density at radius 2 is 1.79 bits per heavy atom. The Hall–Kier alpha value is -1.78. The lowest BCUT2D eigenvalue weighted by Gasteiger charge is -2.04. The van der Waals surface area contributed by atoms with E-state index in [-0.39, 0.29) is 0 Å². The van der Waals surface area contributed by atoms with Gasteiger partial charge in [-0.15, -0.1) is 11.3 Å². The van der Waals surface area contributed by atoms with E-state index in [4.69, 9.17) is 17.0 Å². The van der Waals surface area contributed by atoms with Gasteiger partial charge in [-0.25, -0.2) is 4.98 Å². The highest BCUT2D eigenvalue weighted by atomic mass is 32.1. The van der Waals surface area contributed by atoms with Gasteiger partial charge in [-0.05, 0) is 30.3 Å². The van der Waals surface area contributed by atoms with Crippen molar-refractivity contribution < 1.29 is 4.74 Å². The summed E-state index contributed by atoms with van der Waals surface area (Å²) in [6, 6.07) is 15.8. The van der Waals surface area contributed by atoms with E-state index in [9.17, 15) is 0 Å². The van der Waals surface area contributed by atoms with Crippen LogP contribution in [-0.4, -0.2) is 12.1 Å². The van der Waals surface area contributed by atoms with E-state index < -0.39 is 0 Å². The number of para-hydroxylation sites is 1. The quantitative estimate of drug-likeness (QED) is 0.637. The zero-order chi connectivity index (χ0) is 13.2. The minimum absolute atomic E-state index is 0.841. The van der Waals surface area contributed by atoms with Crippen LogP contribution in [0.4, 0.5) is 0 Å². The van der Waals surface area contributed by atoms with Crippen LogP contribution in [0.2, 0.25) is 0 Å². The van der Waals surface area contributed by atoms with Gasteiger partial charge >= 0.3 is 0 Å². The van der Waals surface area contributed by atoms with Crippen molar-refractivity contribution in [2.24, 2.45) is 0 Å². The van der Waals surface area contributed by atoms with E-state index in [0.29, 0.717) is 0 Å². The number of ether oxygens (including phenoxy) is 1. The van der Waals surface area contributed by atoms with Crippen LogP contribution in [0, 0.1) is 3.82 Å². The van der Waals surface area contributed by atoms with Crippen molar-refractivity contribution in [1.82, 2.24) is 4.98 Å². The van der Waals surface area contributed by atoms with Gasteiger partial charge in [0.2, 0.25) is 0 Å². The molecule has 0 aliphatic carbocycles. The van der Waals surface area contributed by atoms with Gasteiger partial charge in [0, 0.05) is 10.9 Å². The Kier molecular flexibility index (Phi) is 3.27. The molecule has 0 N–H and O–H groups in total. The first-order valence-corrected chi connectivity index (χ1v) is 7.05. The van der Waals surface area contributed by atoms with Crippen LogP contribution >= 0.6 is 23.6 Å². The van der Waals surface area contributed by atoms with Gasteiger partial charge in [-0.3, -0.25) is 0 Å². The summed E-state index contributed by atoms with van der Waals surface area (Å²) in [4.78, 5) is 4.67. The molecule has 0 aliphatic heterocycles. The number of methoxy groups -OCH3 is 1. The minimum atomic E-state index is 0.841. The van der Waals surface area contributed by atoms with Crippen LogP contribution in [0.15, 0.2) is 48.5 Å². The van der Waals surface area contributed by atoms with Crippen molar-refractivity contribution in [1.29, 1.82) is 0 Å². The first kappa shape index (κ1) is 12.3. The van der Waals surface area contributed by atoms with E-state index in [2.05, 4.69) is 4.98 Å². The zero-order valence-electron chi connectivity index (χ0n) is 10.3. The smallest absolute Gasteiger partial charge is 0.125 e. The predicted octanol–water partition coefficient (Wildman–Crippen LogP) is 4.70. The van der Waals surface area contributed by atoms with E-state index in [1.807, 2.05) is 48.5 Å². The summed E-state index contributed by atoms with van der Waals surface area (Å²) in [5, 5.41) is 1.98. The molecule has 2 nitrogen and oxygen atoms in total. The Labute approximate surface area is 120 Å². The third kappa shape index (κ3) is 2.37. The lowest BCUT2D eigenvalue weighted by Crippen LogP contribution is -1.85. The molecule has 0 saturated heterocycles. The third-order valence-electron chi connectivity index (χ3n) is 2.87. The summed E-state index contributed by atoms with van der Waals surface area (Å²) >= 11 is 6.98. The van der Waals surface area contributed by atoms with Crippen molar-refractivity contribution in [3.63, 3.8) is 0 Å². The van der Waals surface area contributed by atoms with Crippen molar-refractivity contribution in [3.05, 3.63) is 52.4 Å². The van der Waals surface area contributed by atoms with Gasteiger partial charge < -0.3 is 4.74 Å². The van der Waals surface area contributed by atoms with Crippen LogP contribution in [0.5, 0.6) is 5.75 Å². The maximum atomic E-state index is 5.44. The lowest BCUT2D eigenvalue weighted by atomic mass is 10.2. The Morgan fingerprint density at radius 1 is 1.05 bits per heavy atom. The fourth-order valence-corrected chi connectivity index (χ4v) is 3.14. The summed E-state index contributed by atoms with van der Waals surface area (Å²) < 4.78 is 6.03. The SMILES string of the molecule is COc1ccc(-c2nc3ccccc3c(=S)s2)cc1. The fourth-order valence-electron chi connectivity index (χ4n) is 1.88. The normalized spacial score (nSPS) is 10.6. The molecule has 0 unspecified atom stereocenters. The molecule has 0 saturated carbocycles. The lowest BCUT2D eigenvalue weighted by molar-refractivity contribution is 0.415. The molecule has 0 amide bonds. The number of hydrogen-bond acceptors (Lipinski definition) is 4. The largest absolute Gasteiger partial charge is 0.497 e. The van der Waals surface area contributed by atoms with E-state index in [1.54, 1.807) is 7.11 Å². The summed E-state index contributed by atoms with van der Waals surface area (Å²) in [6.45, 7) is 0. The van der Waals surface area contributed by atoms with E-state index in [1.165, 1.54) is 11.3 Å². The van der Waals surface area contributed by atoms with Crippen molar-refractivity contribution in [3.8, 4) is 16.3 Å². The van der Waals surface area contributed by atoms with Gasteiger partial charge in [-0.1, -0.05) is 30.4 Å². The first-order chi connectivity index (χ1) is 9.28. The number of hydrogen-bond donors (Lipinski definition) is 0. The number of benzene rings is 2. The van der Waals surface area contributed by atoms with Gasteiger partial charge in [-0.2, -0.15) is 0 Å². The molecule has 0 atom stereocenters. The summed E-state index contributed by atoms with van der Waals surface area (Å²) in [5.41, 5.74) is 2.00. The average molecular weight is 285 g/mol. The molecular formula is C15H11NOS2. The maximum Gasteiger partial charge on any atom is 0.125 e. The highest BCUT2D eigenvalue weighted by Gasteiger charge is 2.04. The summed E-state index contributed by atoms with van der Waals surface area (Å²) in [7, 11) is 1.66. The topological polar surface area (TPSA) is 22.1 Å². The molecule has 0 aliphatic rings. The van der Waals surface area contributed by atoms with Crippen molar-refractivity contribution in [2.75, 3.05) is 7.11 Å². The number of nitrogens with zero attached hydrogens (tertiary/aromatic N) is 1. The number of rotatable bonds is 2. The van der Waals surface area contributed by atoms with Crippen LogP contribution in [0.1, 0.15) is 0 Å². The zero-order valence-corrected chi connectivity index (χ0v) is 11.9. The molecule has 3 rings (SSSR count). The highest BCUT2D eigenvalue weighted by Crippen LogP contribution is 2.28. The Bertz CT molecular complexity index is 778. The second kappa shape index (κ2) is 5.07. The predicted molar refractivity (Wildman–Crippen MR) is 82.4 cm³/mol. The van der Waals surface area contributed by atoms with E-state index in [0.717, 1.165) is 31.0 Å². The second-order valence-electron chi connectivity index (χ2n) is 4.05. The van der Waals surface area contributed by atoms with Gasteiger partial charge in [0.1, 0.15) is 14.6 Å². The molecule has 2 aromatic carbocycles. The highest BCUT2D eigenvalue weighted by molar-refractivity contribution is 7.74. The third-order valence-corrected chi connectivity index (χ3v) is 4.27. The van der Waals surface area contributed by atoms with Crippen LogP contribution in [0.25, 0.3) is 21.5 Å². The summed E-state index contributed by atoms with van der Waals surface area (Å²) in [6.07, 6.45) is 0. The van der Waals surface area contributed by atoms with Crippen molar-refractivity contribution >= 4 is 34.5 Å². The maximum absolute atomic E-state index is 5.44. The fraction of sp³-hybridized carbons (Fsp3) is 0.0667. The molecule has 0 radical (unpaired) electrons. The molecule has 19 heavy (non-hydrogen) atoms. The Balaban J connectivity index is 2.16. The van der Waals surface area contributed by atoms with Gasteiger partial charge in [0.05, 0.1) is 12.6 Å². The molecule has 94 valence electrons.